The molecule has 0 fully saturated rings. The molecule has 2 aliphatic carbocycles. The van der Waals surface area contributed by atoms with Crippen LogP contribution in [0.2, 0.25) is 0 Å². The second-order valence-electron chi connectivity index (χ2n) is 7.00. The Morgan fingerprint density at radius 2 is 1.33 bits per heavy atom. The minimum atomic E-state index is 0. The van der Waals surface area contributed by atoms with Crippen molar-refractivity contribution in [2.24, 2.45) is 5.92 Å². The van der Waals surface area contributed by atoms with Crippen molar-refractivity contribution in [1.82, 2.24) is 0 Å². The Balaban J connectivity index is 0. The molecule has 4 rings (SSSR count). The van der Waals surface area contributed by atoms with Gasteiger partial charge in [0.1, 0.15) is 9.52 Å². The van der Waals surface area contributed by atoms with Gasteiger partial charge in [-0.15, -0.1) is 38.2 Å². The van der Waals surface area contributed by atoms with E-state index in [1.54, 1.807) is 0 Å². The molecule has 0 amide bonds. The van der Waals surface area contributed by atoms with Gasteiger partial charge in [-0.3, -0.25) is 12.2 Å². The topological polar surface area (TPSA) is 0 Å². The van der Waals surface area contributed by atoms with Gasteiger partial charge in [-0.05, 0) is 0 Å². The Labute approximate surface area is 217 Å². The summed E-state index contributed by atoms with van der Waals surface area (Å²) in [5.74, 6) is 0.556. The largest absolute Gasteiger partial charge is 2.00 e. The molecule has 0 bridgehead atoms. The van der Waals surface area contributed by atoms with E-state index < -0.39 is 0 Å². The van der Waals surface area contributed by atoms with Crippen molar-refractivity contribution < 1.29 is 26.2 Å². The summed E-state index contributed by atoms with van der Waals surface area (Å²) in [4.78, 5) is 0. The van der Waals surface area contributed by atoms with Crippen molar-refractivity contribution in [3.05, 3.63) is 108 Å². The van der Waals surface area contributed by atoms with Crippen molar-refractivity contribution >= 4 is 44.7 Å². The Bertz CT molecular complexity index is 787. The van der Waals surface area contributed by atoms with Crippen LogP contribution in [-0.2, 0) is 26.2 Å². The molecule has 2 aliphatic rings. The summed E-state index contributed by atoms with van der Waals surface area (Å²) in [6.07, 6.45) is 13.8. The van der Waals surface area contributed by atoms with Crippen LogP contribution in [0.5, 0.6) is 0 Å². The molecule has 2 aromatic carbocycles. The predicted molar refractivity (Wildman–Crippen MR) is 135 cm³/mol. The fraction of sp³-hybridized carbons (Fsp3) is 0.231. The quantitative estimate of drug-likeness (QED) is 0.331. The number of rotatable bonds is 2. The monoisotopic (exact) mass is 531 g/mol. The standard InChI is InChI=1S/C12H11Si.2C7H9.2ClH.Zr/c1-3-7-11(8-4-1)13-12-9-5-2-6-10-12;2*1-6-3-4-7(2)5-6;;;/h1-10,13H;5H,3H2,1-2H3;3,5,7H,1-2H3;2*1H;/q;2*-1;;;+2. The molecule has 0 nitrogen and oxygen atoms in total. The van der Waals surface area contributed by atoms with Gasteiger partial charge in [0.25, 0.3) is 0 Å². The first-order valence-electron chi connectivity index (χ1n) is 9.50. The van der Waals surface area contributed by atoms with E-state index in [2.05, 4.69) is 113 Å². The summed E-state index contributed by atoms with van der Waals surface area (Å²) in [6, 6.07) is 21.3. The maximum Gasteiger partial charge on any atom is 2.00 e. The minimum Gasteiger partial charge on any atom is -0.270 e. The number of benzene rings is 2. The second kappa shape index (κ2) is 17.7. The molecular weight excluding hydrogens is 503 g/mol. The molecular formula is C26H31Cl2SiZr. The predicted octanol–water partition coefficient (Wildman–Crippen LogP) is 5.94. The van der Waals surface area contributed by atoms with E-state index in [-0.39, 0.29) is 60.5 Å². The molecule has 2 aromatic rings. The summed E-state index contributed by atoms with van der Waals surface area (Å²) >= 11 is 0. The van der Waals surface area contributed by atoms with Crippen LogP contribution in [0.4, 0.5) is 0 Å². The second-order valence-corrected chi connectivity index (χ2v) is 8.63. The molecule has 0 saturated heterocycles. The van der Waals surface area contributed by atoms with Crippen LogP contribution < -0.4 is 10.4 Å². The van der Waals surface area contributed by atoms with Crippen molar-refractivity contribution in [3.8, 4) is 0 Å². The van der Waals surface area contributed by atoms with Gasteiger partial charge >= 0.3 is 26.2 Å². The van der Waals surface area contributed by atoms with Gasteiger partial charge in [-0.2, -0.15) is 11.6 Å². The number of halogens is 2. The zero-order valence-electron chi connectivity index (χ0n) is 18.2. The first-order valence-corrected chi connectivity index (χ1v) is 10.7. The van der Waals surface area contributed by atoms with E-state index in [0.717, 1.165) is 6.42 Å². The minimum absolute atomic E-state index is 0. The third-order valence-electron chi connectivity index (χ3n) is 4.13. The Morgan fingerprint density at radius 3 is 1.57 bits per heavy atom. The smallest absolute Gasteiger partial charge is 0.270 e. The van der Waals surface area contributed by atoms with Crippen LogP contribution in [0, 0.1) is 18.1 Å². The zero-order chi connectivity index (χ0) is 19.5. The number of hydrogen-bond donors (Lipinski definition) is 0. The van der Waals surface area contributed by atoms with E-state index in [1.807, 2.05) is 6.08 Å². The van der Waals surface area contributed by atoms with Gasteiger partial charge in [-0.25, -0.2) is 23.3 Å². The van der Waals surface area contributed by atoms with Gasteiger partial charge in [0, 0.05) is 0 Å². The number of allylic oxidation sites excluding steroid dienone is 8. The summed E-state index contributed by atoms with van der Waals surface area (Å²) in [6.45, 7) is 8.43. The first kappa shape index (κ1) is 31.3. The van der Waals surface area contributed by atoms with E-state index in [1.165, 1.54) is 27.1 Å². The number of hydrogen-bond acceptors (Lipinski definition) is 0. The zero-order valence-corrected chi connectivity index (χ0v) is 23.4. The van der Waals surface area contributed by atoms with Gasteiger partial charge in [0.15, 0.2) is 0 Å². The van der Waals surface area contributed by atoms with Crippen LogP contribution in [0.15, 0.2) is 95.6 Å². The van der Waals surface area contributed by atoms with Crippen molar-refractivity contribution in [3.63, 3.8) is 0 Å². The summed E-state index contributed by atoms with van der Waals surface area (Å²) in [5, 5.41) is 2.90. The van der Waals surface area contributed by atoms with Crippen LogP contribution in [0.1, 0.15) is 34.1 Å². The van der Waals surface area contributed by atoms with Gasteiger partial charge < -0.3 is 0 Å². The van der Waals surface area contributed by atoms with Gasteiger partial charge in [0.05, 0.1) is 0 Å². The van der Waals surface area contributed by atoms with Gasteiger partial charge in [0.2, 0.25) is 0 Å². The third kappa shape index (κ3) is 13.4. The van der Waals surface area contributed by atoms with E-state index in [9.17, 15) is 0 Å². The molecule has 30 heavy (non-hydrogen) atoms. The average Bonchev–Trinajstić information content (AvgIpc) is 3.24. The Kier molecular flexibility index (Phi) is 18.5. The van der Waals surface area contributed by atoms with Crippen molar-refractivity contribution in [2.75, 3.05) is 0 Å². The molecule has 0 saturated carbocycles. The molecule has 0 N–H and O–H groups in total. The van der Waals surface area contributed by atoms with E-state index in [0.29, 0.717) is 5.92 Å². The average molecular weight is 534 g/mol. The van der Waals surface area contributed by atoms with Crippen LogP contribution in [-0.4, -0.2) is 9.52 Å². The third-order valence-corrected chi connectivity index (χ3v) is 5.56. The molecule has 0 aromatic heterocycles. The molecule has 4 heteroatoms. The van der Waals surface area contributed by atoms with Crippen LogP contribution in [0.3, 0.4) is 0 Å². The fourth-order valence-corrected chi connectivity index (χ4v) is 4.01. The summed E-state index contributed by atoms with van der Waals surface area (Å²) in [7, 11) is 0.271. The van der Waals surface area contributed by atoms with Crippen molar-refractivity contribution in [1.29, 1.82) is 0 Å². The Morgan fingerprint density at radius 1 is 0.833 bits per heavy atom. The van der Waals surface area contributed by atoms with Crippen molar-refractivity contribution in [2.45, 2.75) is 34.1 Å². The molecule has 157 valence electrons. The van der Waals surface area contributed by atoms with E-state index >= 15 is 0 Å². The van der Waals surface area contributed by atoms with Crippen LogP contribution >= 0.6 is 24.8 Å². The normalized spacial score (nSPS) is 15.3. The molecule has 0 aliphatic heterocycles. The SMILES string of the molecule is CC1=CC(C)[C-]=C1.CC1=[C-]CC(C)=C1.Cl.Cl.[Zr+2].c1ccc([SiH]c2ccccc2)cc1. The summed E-state index contributed by atoms with van der Waals surface area (Å²) in [5.41, 5.74) is 4.06. The molecule has 0 spiro atoms. The molecule has 1 unspecified atom stereocenters. The molecule has 1 radical (unpaired) electrons. The van der Waals surface area contributed by atoms with E-state index in [4.69, 9.17) is 0 Å². The molecule has 1 atom stereocenters. The fourth-order valence-electron chi connectivity index (χ4n) is 2.79. The Hall–Kier alpha value is -0.920. The summed E-state index contributed by atoms with van der Waals surface area (Å²) < 4.78 is 0. The van der Waals surface area contributed by atoms with Gasteiger partial charge in [-0.1, -0.05) is 97.7 Å². The first-order chi connectivity index (χ1) is 13.0. The van der Waals surface area contributed by atoms with Crippen LogP contribution in [0.25, 0.3) is 0 Å². The molecule has 0 heterocycles. The maximum atomic E-state index is 3.19. The maximum absolute atomic E-state index is 3.19.